The molecule has 18 heavy (non-hydrogen) atoms. The number of nitrogens with zero attached hydrogens (tertiary/aromatic N) is 1. The van der Waals surface area contributed by atoms with Gasteiger partial charge in [0.2, 0.25) is 6.41 Å². The summed E-state index contributed by atoms with van der Waals surface area (Å²) in [4.78, 5) is 24.8. The second-order valence-corrected chi connectivity index (χ2v) is 5.56. The molecular weight excluding hydrogens is 234 g/mol. The molecule has 0 radical (unpaired) electrons. The Labute approximate surface area is 108 Å². The van der Waals surface area contributed by atoms with Crippen LogP contribution in [0.25, 0.3) is 0 Å². The van der Waals surface area contributed by atoms with E-state index >= 15 is 0 Å². The third-order valence-corrected chi connectivity index (χ3v) is 3.13. The molecule has 1 saturated heterocycles. The van der Waals surface area contributed by atoms with Gasteiger partial charge in [0.15, 0.2) is 5.54 Å². The van der Waals surface area contributed by atoms with Crippen LogP contribution in [0.4, 0.5) is 0 Å². The van der Waals surface area contributed by atoms with E-state index in [9.17, 15) is 9.59 Å². The van der Waals surface area contributed by atoms with Gasteiger partial charge < -0.3 is 9.47 Å². The summed E-state index contributed by atoms with van der Waals surface area (Å²) >= 11 is 0. The SMILES string of the molecule is C=CCC1(C(=O)OC)COC(C(C)(C)C)N1C=O. The van der Waals surface area contributed by atoms with E-state index in [1.54, 1.807) is 6.08 Å². The molecular formula is C13H21NO4. The number of carbonyl (C=O) groups is 2. The monoisotopic (exact) mass is 255 g/mol. The van der Waals surface area contributed by atoms with Gasteiger partial charge in [0.1, 0.15) is 6.23 Å². The summed E-state index contributed by atoms with van der Waals surface area (Å²) in [5.41, 5.74) is -1.37. The molecule has 0 bridgehead atoms. The Morgan fingerprint density at radius 3 is 2.61 bits per heavy atom. The maximum atomic E-state index is 12.0. The molecule has 1 aliphatic heterocycles. The molecule has 1 heterocycles. The summed E-state index contributed by atoms with van der Waals surface area (Å²) in [5, 5.41) is 0. The third-order valence-electron chi connectivity index (χ3n) is 3.13. The lowest BCUT2D eigenvalue weighted by atomic mass is 9.90. The molecule has 1 aliphatic rings. The van der Waals surface area contributed by atoms with E-state index in [4.69, 9.17) is 9.47 Å². The fourth-order valence-electron chi connectivity index (χ4n) is 2.26. The Kier molecular flexibility index (Phi) is 4.16. The van der Waals surface area contributed by atoms with Crippen molar-refractivity contribution in [1.29, 1.82) is 0 Å². The molecule has 0 spiro atoms. The Bertz CT molecular complexity index is 347. The smallest absolute Gasteiger partial charge is 0.334 e. The molecule has 1 fully saturated rings. The van der Waals surface area contributed by atoms with Crippen molar-refractivity contribution in [2.45, 2.75) is 39.0 Å². The van der Waals surface area contributed by atoms with E-state index < -0.39 is 17.7 Å². The molecule has 5 heteroatoms. The number of hydrogen-bond donors (Lipinski definition) is 0. The van der Waals surface area contributed by atoms with Gasteiger partial charge in [0.25, 0.3) is 0 Å². The summed E-state index contributed by atoms with van der Waals surface area (Å²) in [6.45, 7) is 9.63. The van der Waals surface area contributed by atoms with Crippen molar-refractivity contribution in [3.05, 3.63) is 12.7 Å². The van der Waals surface area contributed by atoms with Gasteiger partial charge in [0, 0.05) is 11.8 Å². The van der Waals surface area contributed by atoms with E-state index in [0.717, 1.165) is 0 Å². The zero-order valence-corrected chi connectivity index (χ0v) is 11.4. The van der Waals surface area contributed by atoms with Crippen LogP contribution in [0.15, 0.2) is 12.7 Å². The Balaban J connectivity index is 3.17. The van der Waals surface area contributed by atoms with Crippen LogP contribution in [0.2, 0.25) is 0 Å². The molecule has 0 saturated carbocycles. The number of esters is 1. The van der Waals surface area contributed by atoms with E-state index in [0.29, 0.717) is 12.8 Å². The van der Waals surface area contributed by atoms with Gasteiger partial charge in [-0.1, -0.05) is 26.8 Å². The van der Waals surface area contributed by atoms with Gasteiger partial charge in [-0.25, -0.2) is 4.79 Å². The van der Waals surface area contributed by atoms with Crippen LogP contribution in [0.1, 0.15) is 27.2 Å². The van der Waals surface area contributed by atoms with Gasteiger partial charge in [-0.3, -0.25) is 9.69 Å². The van der Waals surface area contributed by atoms with E-state index in [1.165, 1.54) is 12.0 Å². The molecule has 0 aromatic carbocycles. The number of carbonyl (C=O) groups excluding carboxylic acids is 2. The second-order valence-electron chi connectivity index (χ2n) is 5.56. The Morgan fingerprint density at radius 1 is 1.61 bits per heavy atom. The maximum Gasteiger partial charge on any atom is 0.334 e. The lowest BCUT2D eigenvalue weighted by Crippen LogP contribution is -2.56. The van der Waals surface area contributed by atoms with E-state index in [-0.39, 0.29) is 12.0 Å². The molecule has 5 nitrogen and oxygen atoms in total. The quantitative estimate of drug-likeness (QED) is 0.432. The van der Waals surface area contributed by atoms with Gasteiger partial charge >= 0.3 is 5.97 Å². The maximum absolute atomic E-state index is 12.0. The molecule has 0 N–H and O–H groups in total. The molecule has 102 valence electrons. The van der Waals surface area contributed by atoms with E-state index in [2.05, 4.69) is 6.58 Å². The Hall–Kier alpha value is -1.36. The average molecular weight is 255 g/mol. The highest BCUT2D eigenvalue weighted by atomic mass is 16.5. The number of hydrogen-bond acceptors (Lipinski definition) is 4. The predicted octanol–water partition coefficient (Wildman–Crippen LogP) is 1.34. The van der Waals surface area contributed by atoms with Crippen molar-refractivity contribution >= 4 is 12.4 Å². The van der Waals surface area contributed by atoms with Crippen molar-refractivity contribution in [1.82, 2.24) is 4.90 Å². The second kappa shape index (κ2) is 5.10. The van der Waals surface area contributed by atoms with Crippen LogP contribution in [0.3, 0.4) is 0 Å². The molecule has 2 unspecified atom stereocenters. The molecule has 1 amide bonds. The topological polar surface area (TPSA) is 55.8 Å². The van der Waals surface area contributed by atoms with E-state index in [1.807, 2.05) is 20.8 Å². The van der Waals surface area contributed by atoms with Crippen molar-refractivity contribution in [3.63, 3.8) is 0 Å². The summed E-state index contributed by atoms with van der Waals surface area (Å²) in [5.74, 6) is -0.471. The summed E-state index contributed by atoms with van der Waals surface area (Å²) in [6, 6.07) is 0. The first-order valence-electron chi connectivity index (χ1n) is 5.88. The van der Waals surface area contributed by atoms with Gasteiger partial charge in [0.05, 0.1) is 13.7 Å². The highest BCUT2D eigenvalue weighted by Crippen LogP contribution is 2.38. The van der Waals surface area contributed by atoms with Crippen molar-refractivity contribution < 1.29 is 19.1 Å². The normalized spacial score (nSPS) is 28.0. The van der Waals surface area contributed by atoms with Crippen LogP contribution < -0.4 is 0 Å². The molecule has 1 rings (SSSR count). The molecule has 0 aliphatic carbocycles. The van der Waals surface area contributed by atoms with Crippen LogP contribution in [0, 0.1) is 5.41 Å². The number of methoxy groups -OCH3 is 1. The fraction of sp³-hybridized carbons (Fsp3) is 0.692. The molecule has 2 atom stereocenters. The lowest BCUT2D eigenvalue weighted by Gasteiger charge is -2.37. The van der Waals surface area contributed by atoms with Crippen LogP contribution in [-0.2, 0) is 19.1 Å². The number of amides is 1. The average Bonchev–Trinajstić information content (AvgIpc) is 2.68. The minimum absolute atomic E-state index is 0.131. The summed E-state index contributed by atoms with van der Waals surface area (Å²) in [7, 11) is 1.31. The standard InChI is InChI=1S/C13H21NO4/c1-6-7-13(11(16)17-5)8-18-10(12(2,3)4)14(13)9-15/h6,9-10H,1,7-8H2,2-5H3. The van der Waals surface area contributed by atoms with Crippen molar-refractivity contribution in [2.75, 3.05) is 13.7 Å². The van der Waals surface area contributed by atoms with Crippen molar-refractivity contribution in [3.8, 4) is 0 Å². The molecule has 0 aromatic rings. The first-order valence-corrected chi connectivity index (χ1v) is 5.88. The highest BCUT2D eigenvalue weighted by molar-refractivity contribution is 5.84. The first kappa shape index (κ1) is 14.7. The van der Waals surface area contributed by atoms with Gasteiger partial charge in [-0.05, 0) is 0 Å². The summed E-state index contributed by atoms with van der Waals surface area (Å²) in [6.07, 6.45) is 2.12. The van der Waals surface area contributed by atoms with Crippen LogP contribution >= 0.6 is 0 Å². The lowest BCUT2D eigenvalue weighted by molar-refractivity contribution is -0.158. The largest absolute Gasteiger partial charge is 0.467 e. The number of ether oxygens (including phenoxy) is 2. The summed E-state index contributed by atoms with van der Waals surface area (Å²) < 4.78 is 10.5. The third kappa shape index (κ3) is 2.27. The van der Waals surface area contributed by atoms with Gasteiger partial charge in [-0.2, -0.15) is 0 Å². The predicted molar refractivity (Wildman–Crippen MR) is 66.7 cm³/mol. The first-order chi connectivity index (χ1) is 8.33. The zero-order valence-electron chi connectivity index (χ0n) is 11.4. The number of rotatable bonds is 4. The van der Waals surface area contributed by atoms with Crippen molar-refractivity contribution in [2.24, 2.45) is 5.41 Å². The van der Waals surface area contributed by atoms with Gasteiger partial charge in [-0.15, -0.1) is 6.58 Å². The molecule has 0 aromatic heterocycles. The highest BCUT2D eigenvalue weighted by Gasteiger charge is 2.55. The van der Waals surface area contributed by atoms with Crippen LogP contribution in [-0.4, -0.2) is 42.8 Å². The minimum atomic E-state index is -1.09. The van der Waals surface area contributed by atoms with Crippen LogP contribution in [0.5, 0.6) is 0 Å². The minimum Gasteiger partial charge on any atom is -0.467 e. The Morgan fingerprint density at radius 2 is 2.22 bits per heavy atom. The fourth-order valence-corrected chi connectivity index (χ4v) is 2.26. The zero-order chi connectivity index (χ0) is 14.0.